The first kappa shape index (κ1) is 18.0. The van der Waals surface area contributed by atoms with E-state index in [1.54, 1.807) is 6.92 Å². The summed E-state index contributed by atoms with van der Waals surface area (Å²) in [6.45, 7) is 7.62. The molecule has 144 valence electrons. The number of hydrogen-bond donors (Lipinski definition) is 2. The largest absolute Gasteiger partial charge is 0.477 e. The molecule has 1 saturated carbocycles. The van der Waals surface area contributed by atoms with Gasteiger partial charge in [0.1, 0.15) is 5.56 Å². The van der Waals surface area contributed by atoms with Crippen LogP contribution in [-0.2, 0) is 0 Å². The summed E-state index contributed by atoms with van der Waals surface area (Å²) in [7, 11) is 0. The third-order valence-electron chi connectivity index (χ3n) is 5.71. The van der Waals surface area contributed by atoms with Crippen LogP contribution in [0.15, 0.2) is 11.0 Å². The van der Waals surface area contributed by atoms with Crippen molar-refractivity contribution >= 4 is 22.6 Å². The third kappa shape index (κ3) is 2.81. The molecule has 27 heavy (non-hydrogen) atoms. The summed E-state index contributed by atoms with van der Waals surface area (Å²) in [6, 6.07) is 0.415. The Hall–Kier alpha value is -2.41. The second-order valence-electron chi connectivity index (χ2n) is 7.75. The van der Waals surface area contributed by atoms with E-state index in [2.05, 4.69) is 12.2 Å². The SMILES string of the molecule is Cc1c(F)c(N2CCNC(C)C2)c(C)c2c1c(=O)c(C(=O)O)cn2C1CC1. The fraction of sp³-hybridized carbons (Fsp3) is 0.500. The molecule has 0 radical (unpaired) electrons. The van der Waals surface area contributed by atoms with Crippen molar-refractivity contribution in [3.05, 3.63) is 38.9 Å². The maximum atomic E-state index is 15.4. The summed E-state index contributed by atoms with van der Waals surface area (Å²) in [6.07, 6.45) is 3.32. The number of carboxylic acid groups (broad SMARTS) is 1. The molecule has 0 spiro atoms. The Kier molecular flexibility index (Phi) is 4.22. The van der Waals surface area contributed by atoms with Gasteiger partial charge in [-0.05, 0) is 39.2 Å². The molecule has 1 aliphatic carbocycles. The zero-order chi connectivity index (χ0) is 19.5. The minimum absolute atomic E-state index is 0.171. The van der Waals surface area contributed by atoms with Crippen LogP contribution in [0.4, 0.5) is 10.1 Å². The molecule has 1 saturated heterocycles. The highest BCUT2D eigenvalue weighted by Gasteiger charge is 2.31. The summed E-state index contributed by atoms with van der Waals surface area (Å²) in [5.74, 6) is -1.69. The van der Waals surface area contributed by atoms with Crippen LogP contribution in [0.3, 0.4) is 0 Å². The van der Waals surface area contributed by atoms with Gasteiger partial charge in [-0.15, -0.1) is 0 Å². The Balaban J connectivity index is 2.06. The Bertz CT molecular complexity index is 1010. The van der Waals surface area contributed by atoms with Crippen molar-refractivity contribution in [1.29, 1.82) is 0 Å². The fourth-order valence-electron chi connectivity index (χ4n) is 4.23. The van der Waals surface area contributed by atoms with E-state index in [4.69, 9.17) is 0 Å². The van der Waals surface area contributed by atoms with Gasteiger partial charge in [0, 0.05) is 43.5 Å². The van der Waals surface area contributed by atoms with Crippen LogP contribution in [0.1, 0.15) is 47.3 Å². The lowest BCUT2D eigenvalue weighted by Gasteiger charge is -2.35. The van der Waals surface area contributed by atoms with Crippen LogP contribution in [0.2, 0.25) is 0 Å². The van der Waals surface area contributed by atoms with Crippen LogP contribution < -0.4 is 15.6 Å². The van der Waals surface area contributed by atoms with Crippen molar-refractivity contribution in [3.8, 4) is 0 Å². The number of halogens is 1. The Morgan fingerprint density at radius 2 is 2.00 bits per heavy atom. The van der Waals surface area contributed by atoms with Gasteiger partial charge < -0.3 is 19.9 Å². The number of rotatable bonds is 3. The lowest BCUT2D eigenvalue weighted by molar-refractivity contribution is 0.0695. The van der Waals surface area contributed by atoms with Crippen LogP contribution in [0, 0.1) is 19.7 Å². The highest BCUT2D eigenvalue weighted by Crippen LogP contribution is 2.41. The molecule has 2 heterocycles. The molecular weight excluding hydrogens is 349 g/mol. The van der Waals surface area contributed by atoms with Gasteiger partial charge in [0.2, 0.25) is 5.43 Å². The van der Waals surface area contributed by atoms with Crippen LogP contribution in [-0.4, -0.2) is 41.3 Å². The van der Waals surface area contributed by atoms with E-state index < -0.39 is 17.2 Å². The van der Waals surface area contributed by atoms with Crippen molar-refractivity contribution < 1.29 is 14.3 Å². The van der Waals surface area contributed by atoms with E-state index in [0.29, 0.717) is 29.9 Å². The standard InChI is InChI=1S/C20H24FN3O3/c1-10-8-23(7-6-22-10)18-12(3)17-15(11(2)16(18)21)19(25)14(20(26)27)9-24(17)13-4-5-13/h9-10,13,22H,4-8H2,1-3H3,(H,26,27). The first-order valence-electron chi connectivity index (χ1n) is 9.40. The van der Waals surface area contributed by atoms with Crippen molar-refractivity contribution in [1.82, 2.24) is 9.88 Å². The van der Waals surface area contributed by atoms with E-state index in [-0.39, 0.29) is 28.6 Å². The van der Waals surface area contributed by atoms with Crippen molar-refractivity contribution in [2.75, 3.05) is 24.5 Å². The topological polar surface area (TPSA) is 74.6 Å². The molecule has 0 amide bonds. The molecule has 4 rings (SSSR count). The highest BCUT2D eigenvalue weighted by atomic mass is 19.1. The van der Waals surface area contributed by atoms with E-state index in [1.165, 1.54) is 6.20 Å². The number of fused-ring (bicyclic) bond motifs is 1. The predicted octanol–water partition coefficient (Wildman–Crippen LogP) is 2.59. The van der Waals surface area contributed by atoms with Crippen LogP contribution >= 0.6 is 0 Å². The molecule has 0 bridgehead atoms. The number of carbonyl (C=O) groups is 1. The normalized spacial score (nSPS) is 20.3. The number of aromatic carboxylic acids is 1. The molecule has 2 N–H and O–H groups in total. The summed E-state index contributed by atoms with van der Waals surface area (Å²) < 4.78 is 17.3. The molecule has 2 aliphatic rings. The molecule has 2 fully saturated rings. The molecule has 2 aromatic rings. The van der Waals surface area contributed by atoms with Gasteiger partial charge in [-0.1, -0.05) is 0 Å². The van der Waals surface area contributed by atoms with Crippen molar-refractivity contribution in [2.45, 2.75) is 45.7 Å². The first-order valence-corrected chi connectivity index (χ1v) is 9.40. The molecule has 1 aromatic heterocycles. The summed E-state index contributed by atoms with van der Waals surface area (Å²) >= 11 is 0. The fourth-order valence-corrected chi connectivity index (χ4v) is 4.23. The lowest BCUT2D eigenvalue weighted by Crippen LogP contribution is -2.49. The van der Waals surface area contributed by atoms with Crippen molar-refractivity contribution in [2.24, 2.45) is 0 Å². The van der Waals surface area contributed by atoms with Gasteiger partial charge in [0.25, 0.3) is 0 Å². The zero-order valence-corrected chi connectivity index (χ0v) is 15.8. The van der Waals surface area contributed by atoms with Gasteiger partial charge in [-0.3, -0.25) is 4.79 Å². The number of carboxylic acids is 1. The molecule has 1 aliphatic heterocycles. The van der Waals surface area contributed by atoms with Gasteiger partial charge in [0.15, 0.2) is 5.82 Å². The smallest absolute Gasteiger partial charge is 0.341 e. The van der Waals surface area contributed by atoms with E-state index in [9.17, 15) is 14.7 Å². The van der Waals surface area contributed by atoms with Gasteiger partial charge in [-0.2, -0.15) is 0 Å². The maximum Gasteiger partial charge on any atom is 0.341 e. The number of nitrogens with one attached hydrogen (secondary N) is 1. The monoisotopic (exact) mass is 373 g/mol. The minimum atomic E-state index is -1.27. The van der Waals surface area contributed by atoms with Crippen LogP contribution in [0.5, 0.6) is 0 Å². The summed E-state index contributed by atoms with van der Waals surface area (Å²) in [5, 5.41) is 13.0. The quantitative estimate of drug-likeness (QED) is 0.865. The number of hydrogen-bond acceptors (Lipinski definition) is 4. The average molecular weight is 373 g/mol. The summed E-state index contributed by atoms with van der Waals surface area (Å²) in [5.41, 5.74) is 1.26. The molecule has 1 atom stereocenters. The number of anilines is 1. The average Bonchev–Trinajstić information content (AvgIpc) is 3.44. The number of pyridine rings is 1. The third-order valence-corrected chi connectivity index (χ3v) is 5.71. The van der Waals surface area contributed by atoms with E-state index in [0.717, 1.165) is 19.4 Å². The molecule has 1 aromatic carbocycles. The van der Waals surface area contributed by atoms with Crippen molar-refractivity contribution in [3.63, 3.8) is 0 Å². The van der Waals surface area contributed by atoms with Gasteiger partial charge in [-0.25, -0.2) is 9.18 Å². The molecule has 6 nitrogen and oxygen atoms in total. The maximum absolute atomic E-state index is 15.4. The zero-order valence-electron chi connectivity index (χ0n) is 15.8. The van der Waals surface area contributed by atoms with Gasteiger partial charge >= 0.3 is 5.97 Å². The van der Waals surface area contributed by atoms with Gasteiger partial charge in [0.05, 0.1) is 16.6 Å². The predicted molar refractivity (Wildman–Crippen MR) is 103 cm³/mol. The minimum Gasteiger partial charge on any atom is -0.477 e. The summed E-state index contributed by atoms with van der Waals surface area (Å²) in [4.78, 5) is 26.4. The highest BCUT2D eigenvalue weighted by molar-refractivity contribution is 5.97. The number of piperazine rings is 1. The lowest BCUT2D eigenvalue weighted by atomic mass is 9.98. The first-order chi connectivity index (χ1) is 12.8. The Labute approximate surface area is 156 Å². The Morgan fingerprint density at radius 3 is 2.59 bits per heavy atom. The second kappa shape index (κ2) is 6.34. The molecular formula is C20H24FN3O3. The molecule has 1 unspecified atom stereocenters. The number of aryl methyl sites for hydroxylation is 2. The number of benzene rings is 1. The number of aromatic nitrogens is 1. The second-order valence-corrected chi connectivity index (χ2v) is 7.75. The number of nitrogens with zero attached hydrogens (tertiary/aromatic N) is 2. The molecule has 7 heteroatoms. The van der Waals surface area contributed by atoms with Crippen LogP contribution in [0.25, 0.3) is 10.9 Å². The van der Waals surface area contributed by atoms with E-state index >= 15 is 4.39 Å². The van der Waals surface area contributed by atoms with E-state index in [1.807, 2.05) is 16.4 Å². The Morgan fingerprint density at radius 1 is 1.30 bits per heavy atom.